The number of hydrogen-bond donors (Lipinski definition) is 1. The van der Waals surface area contributed by atoms with Gasteiger partial charge in [0.1, 0.15) is 0 Å². The minimum absolute atomic E-state index is 0.275. The van der Waals surface area contributed by atoms with Gasteiger partial charge in [-0.3, -0.25) is 4.79 Å². The fourth-order valence-corrected chi connectivity index (χ4v) is 3.05. The van der Waals surface area contributed by atoms with E-state index in [0.717, 1.165) is 50.6 Å². The smallest absolute Gasteiger partial charge is 0.225 e. The van der Waals surface area contributed by atoms with Crippen LogP contribution >= 0.6 is 0 Å². The third-order valence-corrected chi connectivity index (χ3v) is 4.69. The Morgan fingerprint density at radius 2 is 1.88 bits per heavy atom. The Kier molecular flexibility index (Phi) is 4.08. The molecule has 3 heteroatoms. The normalized spacial score (nSPS) is 36.6. The summed E-state index contributed by atoms with van der Waals surface area (Å²) >= 11 is 0. The van der Waals surface area contributed by atoms with E-state index in [1.807, 2.05) is 11.9 Å². The van der Waals surface area contributed by atoms with E-state index in [1.54, 1.807) is 0 Å². The molecule has 2 atom stereocenters. The molecule has 3 nitrogen and oxygen atoms in total. The Morgan fingerprint density at radius 1 is 1.29 bits per heavy atom. The molecule has 0 aromatic heterocycles. The molecular weight excluding hydrogens is 212 g/mol. The van der Waals surface area contributed by atoms with Crippen LogP contribution in [0.15, 0.2) is 0 Å². The number of nitrogens with zero attached hydrogens (tertiary/aromatic N) is 1. The minimum atomic E-state index is 0.275. The van der Waals surface area contributed by atoms with Gasteiger partial charge in [0.25, 0.3) is 0 Å². The Labute approximate surface area is 105 Å². The van der Waals surface area contributed by atoms with Crippen molar-refractivity contribution in [1.82, 2.24) is 4.90 Å². The highest BCUT2D eigenvalue weighted by Crippen LogP contribution is 2.38. The minimum Gasteiger partial charge on any atom is -0.345 e. The van der Waals surface area contributed by atoms with Crippen LogP contribution in [0, 0.1) is 23.7 Å². The first-order chi connectivity index (χ1) is 8.11. The standard InChI is InChI=1S/C14H26N2O/c1-10-7-13(10)9-16(2)14(17)12-5-3-11(8-15)4-6-12/h10-13H,3-9,15H2,1-2H3. The lowest BCUT2D eigenvalue weighted by molar-refractivity contribution is -0.135. The third kappa shape index (κ3) is 3.21. The molecule has 2 aliphatic rings. The Balaban J connectivity index is 1.75. The van der Waals surface area contributed by atoms with E-state index in [-0.39, 0.29) is 5.92 Å². The van der Waals surface area contributed by atoms with Crippen molar-refractivity contribution in [3.05, 3.63) is 0 Å². The van der Waals surface area contributed by atoms with E-state index in [9.17, 15) is 4.79 Å². The van der Waals surface area contributed by atoms with Crippen LogP contribution in [0.5, 0.6) is 0 Å². The van der Waals surface area contributed by atoms with Crippen molar-refractivity contribution in [1.29, 1.82) is 0 Å². The van der Waals surface area contributed by atoms with Gasteiger partial charge in [0.2, 0.25) is 5.91 Å². The largest absolute Gasteiger partial charge is 0.345 e. The second-order valence-corrected chi connectivity index (χ2v) is 6.15. The van der Waals surface area contributed by atoms with Crippen molar-refractivity contribution in [2.24, 2.45) is 29.4 Å². The van der Waals surface area contributed by atoms with Gasteiger partial charge < -0.3 is 10.6 Å². The second kappa shape index (κ2) is 5.38. The molecule has 0 saturated heterocycles. The molecule has 2 rings (SSSR count). The van der Waals surface area contributed by atoms with Gasteiger partial charge in [0, 0.05) is 19.5 Å². The van der Waals surface area contributed by atoms with Crippen LogP contribution in [0.1, 0.15) is 39.0 Å². The van der Waals surface area contributed by atoms with Gasteiger partial charge in [0.05, 0.1) is 0 Å². The first-order valence-electron chi connectivity index (χ1n) is 7.06. The zero-order valence-corrected chi connectivity index (χ0v) is 11.2. The topological polar surface area (TPSA) is 46.3 Å². The van der Waals surface area contributed by atoms with Crippen LogP contribution in [0.25, 0.3) is 0 Å². The van der Waals surface area contributed by atoms with Crippen LogP contribution in [-0.4, -0.2) is 30.9 Å². The maximum absolute atomic E-state index is 12.3. The number of hydrogen-bond acceptors (Lipinski definition) is 2. The maximum Gasteiger partial charge on any atom is 0.225 e. The highest BCUT2D eigenvalue weighted by molar-refractivity contribution is 5.78. The molecule has 2 fully saturated rings. The average molecular weight is 238 g/mol. The number of carbonyl (C=O) groups excluding carboxylic acids is 1. The van der Waals surface area contributed by atoms with Gasteiger partial charge in [-0.05, 0) is 56.4 Å². The molecule has 2 unspecified atom stereocenters. The SMILES string of the molecule is CC1CC1CN(C)C(=O)C1CCC(CN)CC1. The molecule has 1 amide bonds. The molecule has 0 radical (unpaired) electrons. The van der Waals surface area contributed by atoms with E-state index in [1.165, 1.54) is 6.42 Å². The fraction of sp³-hybridized carbons (Fsp3) is 0.929. The third-order valence-electron chi connectivity index (χ3n) is 4.69. The number of carbonyl (C=O) groups is 1. The molecular formula is C14H26N2O. The van der Waals surface area contributed by atoms with Crippen LogP contribution in [0.2, 0.25) is 0 Å². The highest BCUT2D eigenvalue weighted by Gasteiger charge is 2.35. The second-order valence-electron chi connectivity index (χ2n) is 6.15. The molecule has 0 aromatic rings. The molecule has 0 bridgehead atoms. The number of nitrogens with two attached hydrogens (primary N) is 1. The zero-order valence-electron chi connectivity index (χ0n) is 11.2. The van der Waals surface area contributed by atoms with Gasteiger partial charge in [0.15, 0.2) is 0 Å². The van der Waals surface area contributed by atoms with Gasteiger partial charge in [-0.15, -0.1) is 0 Å². The average Bonchev–Trinajstić information content (AvgIpc) is 3.04. The van der Waals surface area contributed by atoms with Gasteiger partial charge >= 0.3 is 0 Å². The number of rotatable bonds is 4. The fourth-order valence-electron chi connectivity index (χ4n) is 3.05. The van der Waals surface area contributed by atoms with E-state index in [0.29, 0.717) is 11.8 Å². The predicted octanol–water partition coefficient (Wildman–Crippen LogP) is 1.87. The van der Waals surface area contributed by atoms with Crippen molar-refractivity contribution in [3.8, 4) is 0 Å². The van der Waals surface area contributed by atoms with Crippen molar-refractivity contribution in [2.45, 2.75) is 39.0 Å². The summed E-state index contributed by atoms with van der Waals surface area (Å²) in [4.78, 5) is 14.2. The Bertz CT molecular complexity index is 271. The first kappa shape index (κ1) is 12.9. The first-order valence-corrected chi connectivity index (χ1v) is 7.06. The summed E-state index contributed by atoms with van der Waals surface area (Å²) in [6, 6.07) is 0. The van der Waals surface area contributed by atoms with Gasteiger partial charge in [-0.25, -0.2) is 0 Å². The summed E-state index contributed by atoms with van der Waals surface area (Å²) in [6.45, 7) is 4.03. The van der Waals surface area contributed by atoms with Crippen LogP contribution < -0.4 is 5.73 Å². The molecule has 0 heterocycles. The molecule has 0 spiro atoms. The van der Waals surface area contributed by atoms with E-state index in [4.69, 9.17) is 5.73 Å². The lowest BCUT2D eigenvalue weighted by Gasteiger charge is -2.30. The van der Waals surface area contributed by atoms with Crippen molar-refractivity contribution < 1.29 is 4.79 Å². The lowest BCUT2D eigenvalue weighted by atomic mass is 9.81. The van der Waals surface area contributed by atoms with Crippen molar-refractivity contribution in [2.75, 3.05) is 20.1 Å². The molecule has 98 valence electrons. The van der Waals surface area contributed by atoms with Crippen LogP contribution in [0.3, 0.4) is 0 Å². The molecule has 0 aliphatic heterocycles. The lowest BCUT2D eigenvalue weighted by Crippen LogP contribution is -2.37. The van der Waals surface area contributed by atoms with Crippen LogP contribution in [0.4, 0.5) is 0 Å². The molecule has 2 saturated carbocycles. The summed E-state index contributed by atoms with van der Waals surface area (Å²) in [5, 5.41) is 0. The number of amides is 1. The van der Waals surface area contributed by atoms with E-state index < -0.39 is 0 Å². The van der Waals surface area contributed by atoms with Crippen LogP contribution in [-0.2, 0) is 4.79 Å². The summed E-state index contributed by atoms with van der Waals surface area (Å²) in [5.74, 6) is 2.91. The molecule has 17 heavy (non-hydrogen) atoms. The molecule has 0 aromatic carbocycles. The molecule has 2 N–H and O–H groups in total. The summed E-state index contributed by atoms with van der Waals surface area (Å²) in [6.07, 6.45) is 5.68. The maximum atomic E-state index is 12.3. The van der Waals surface area contributed by atoms with E-state index >= 15 is 0 Å². The van der Waals surface area contributed by atoms with Gasteiger partial charge in [-0.1, -0.05) is 6.92 Å². The summed E-state index contributed by atoms with van der Waals surface area (Å²) in [5.41, 5.74) is 5.68. The van der Waals surface area contributed by atoms with Crippen molar-refractivity contribution >= 4 is 5.91 Å². The highest BCUT2D eigenvalue weighted by atomic mass is 16.2. The Morgan fingerprint density at radius 3 is 2.35 bits per heavy atom. The summed E-state index contributed by atoms with van der Waals surface area (Å²) < 4.78 is 0. The predicted molar refractivity (Wildman–Crippen MR) is 69.4 cm³/mol. The molecule has 2 aliphatic carbocycles. The summed E-state index contributed by atoms with van der Waals surface area (Å²) in [7, 11) is 1.97. The van der Waals surface area contributed by atoms with E-state index in [2.05, 4.69) is 6.92 Å². The van der Waals surface area contributed by atoms with Crippen molar-refractivity contribution in [3.63, 3.8) is 0 Å². The zero-order chi connectivity index (χ0) is 12.4. The Hall–Kier alpha value is -0.570. The monoisotopic (exact) mass is 238 g/mol. The quantitative estimate of drug-likeness (QED) is 0.812. The van der Waals surface area contributed by atoms with Gasteiger partial charge in [-0.2, -0.15) is 0 Å².